The third kappa shape index (κ3) is 8.63. The summed E-state index contributed by atoms with van der Waals surface area (Å²) in [5, 5.41) is 9.31. The van der Waals surface area contributed by atoms with Crippen LogP contribution in [0.5, 0.6) is 0 Å². The second-order valence-electron chi connectivity index (χ2n) is 9.17. The molecule has 0 bridgehead atoms. The number of carbonyl (C=O) groups excluding carboxylic acids is 1. The van der Waals surface area contributed by atoms with Gasteiger partial charge in [0.15, 0.2) is 5.96 Å². The zero-order chi connectivity index (χ0) is 21.5. The van der Waals surface area contributed by atoms with Gasteiger partial charge in [-0.25, -0.2) is 9.78 Å². The van der Waals surface area contributed by atoms with Gasteiger partial charge in [-0.3, -0.25) is 4.99 Å². The van der Waals surface area contributed by atoms with Crippen LogP contribution in [0.15, 0.2) is 15.6 Å². The van der Waals surface area contributed by atoms with E-state index in [0.717, 1.165) is 5.76 Å². The number of rotatable bonds is 6. The van der Waals surface area contributed by atoms with Crippen LogP contribution in [-0.2, 0) is 16.7 Å². The second kappa shape index (κ2) is 9.80. The van der Waals surface area contributed by atoms with E-state index in [1.54, 1.807) is 13.2 Å². The first-order chi connectivity index (χ1) is 12.8. The number of aliphatic imine (C=N–C) groups is 1. The van der Waals surface area contributed by atoms with Gasteiger partial charge in [0.2, 0.25) is 5.89 Å². The minimum Gasteiger partial charge on any atom is -0.444 e. The Hall–Kier alpha value is -2.25. The van der Waals surface area contributed by atoms with Gasteiger partial charge >= 0.3 is 6.09 Å². The number of ether oxygens (including phenoxy) is 1. The van der Waals surface area contributed by atoms with E-state index >= 15 is 0 Å². The summed E-state index contributed by atoms with van der Waals surface area (Å²) in [5.74, 6) is 2.26. The lowest BCUT2D eigenvalue weighted by Crippen LogP contribution is -2.50. The Morgan fingerprint density at radius 1 is 1.21 bits per heavy atom. The Morgan fingerprint density at radius 2 is 1.86 bits per heavy atom. The smallest absolute Gasteiger partial charge is 0.407 e. The minimum absolute atomic E-state index is 0.0804. The van der Waals surface area contributed by atoms with Gasteiger partial charge in [0.05, 0.1) is 18.8 Å². The SMILES string of the molecule is CN=C(NCc1ncc(C(C)(C)C)o1)NCC(NC(=O)OC(C)(C)C)C(C)C. The van der Waals surface area contributed by atoms with Crippen LogP contribution in [0, 0.1) is 5.92 Å². The molecule has 0 fully saturated rings. The summed E-state index contributed by atoms with van der Waals surface area (Å²) in [7, 11) is 1.69. The number of nitrogens with zero attached hydrogens (tertiary/aromatic N) is 2. The van der Waals surface area contributed by atoms with Crippen LogP contribution in [0.2, 0.25) is 0 Å². The van der Waals surface area contributed by atoms with Gasteiger partial charge in [-0.15, -0.1) is 0 Å². The van der Waals surface area contributed by atoms with E-state index < -0.39 is 11.7 Å². The molecule has 0 saturated heterocycles. The molecule has 1 unspecified atom stereocenters. The van der Waals surface area contributed by atoms with Crippen LogP contribution in [0.25, 0.3) is 0 Å². The molecular formula is C20H37N5O3. The third-order valence-electron chi connectivity index (χ3n) is 3.92. The fourth-order valence-corrected chi connectivity index (χ4v) is 2.24. The van der Waals surface area contributed by atoms with Crippen LogP contribution < -0.4 is 16.0 Å². The highest BCUT2D eigenvalue weighted by atomic mass is 16.6. The first-order valence-electron chi connectivity index (χ1n) is 9.71. The highest BCUT2D eigenvalue weighted by Crippen LogP contribution is 2.22. The molecule has 0 aliphatic heterocycles. The molecule has 0 radical (unpaired) electrons. The van der Waals surface area contributed by atoms with Crippen LogP contribution >= 0.6 is 0 Å². The average Bonchev–Trinajstić information content (AvgIpc) is 3.01. The Morgan fingerprint density at radius 3 is 2.32 bits per heavy atom. The predicted octanol–water partition coefficient (Wildman–Crippen LogP) is 3.19. The molecule has 0 aliphatic rings. The molecule has 8 heteroatoms. The summed E-state index contributed by atoms with van der Waals surface area (Å²) in [6.45, 7) is 16.8. The molecule has 0 spiro atoms. The molecule has 8 nitrogen and oxygen atoms in total. The monoisotopic (exact) mass is 395 g/mol. The number of nitrogens with one attached hydrogen (secondary N) is 3. The lowest BCUT2D eigenvalue weighted by atomic mass is 9.94. The fraction of sp³-hybridized carbons (Fsp3) is 0.750. The highest BCUT2D eigenvalue weighted by Gasteiger charge is 2.22. The summed E-state index contributed by atoms with van der Waals surface area (Å²) < 4.78 is 11.1. The van der Waals surface area contributed by atoms with E-state index in [1.165, 1.54) is 0 Å². The second-order valence-corrected chi connectivity index (χ2v) is 9.17. The number of hydrogen-bond donors (Lipinski definition) is 3. The molecule has 1 atom stereocenters. The average molecular weight is 396 g/mol. The third-order valence-corrected chi connectivity index (χ3v) is 3.92. The Bertz CT molecular complexity index is 654. The molecule has 160 valence electrons. The van der Waals surface area contributed by atoms with Gasteiger partial charge in [0.25, 0.3) is 0 Å². The molecule has 3 N–H and O–H groups in total. The molecule has 1 rings (SSSR count). The van der Waals surface area contributed by atoms with E-state index in [2.05, 4.69) is 46.7 Å². The molecule has 0 saturated carbocycles. The number of alkyl carbamates (subject to hydrolysis) is 1. The van der Waals surface area contributed by atoms with E-state index in [9.17, 15) is 4.79 Å². The van der Waals surface area contributed by atoms with Crippen molar-refractivity contribution >= 4 is 12.1 Å². The zero-order valence-corrected chi connectivity index (χ0v) is 18.8. The van der Waals surface area contributed by atoms with Gasteiger partial charge in [-0.05, 0) is 26.7 Å². The van der Waals surface area contributed by atoms with Crippen molar-refractivity contribution in [3.05, 3.63) is 17.8 Å². The molecule has 1 amide bonds. The van der Waals surface area contributed by atoms with Gasteiger partial charge < -0.3 is 25.1 Å². The maximum atomic E-state index is 12.1. The Kier molecular flexibility index (Phi) is 8.32. The molecule has 0 aromatic carbocycles. The largest absolute Gasteiger partial charge is 0.444 e. The van der Waals surface area contributed by atoms with Crippen LogP contribution in [0.3, 0.4) is 0 Å². The molecule has 1 aromatic rings. The number of guanidine groups is 1. The lowest BCUT2D eigenvalue weighted by Gasteiger charge is -2.26. The van der Waals surface area contributed by atoms with E-state index in [1.807, 2.05) is 34.6 Å². The zero-order valence-electron chi connectivity index (χ0n) is 18.8. The minimum atomic E-state index is -0.529. The normalized spacial score (nSPS) is 14.0. The maximum absolute atomic E-state index is 12.1. The Labute approximate surface area is 168 Å². The number of oxazole rings is 1. The van der Waals surface area contributed by atoms with Crippen LogP contribution in [0.1, 0.15) is 67.0 Å². The van der Waals surface area contributed by atoms with Gasteiger partial charge in [0, 0.05) is 19.0 Å². The topological polar surface area (TPSA) is 101 Å². The standard InChI is InChI=1S/C20H37N5O3/c1-13(2)14(25-18(26)28-20(6,7)8)10-23-17(21-9)24-12-16-22-11-15(27-16)19(3,4)5/h11,13-14H,10,12H2,1-9H3,(H,25,26)(H2,21,23,24). The highest BCUT2D eigenvalue weighted by molar-refractivity contribution is 5.79. The molecule has 1 aromatic heterocycles. The number of hydrogen-bond acceptors (Lipinski definition) is 5. The van der Waals surface area contributed by atoms with Crippen molar-refractivity contribution in [1.82, 2.24) is 20.9 Å². The number of aromatic nitrogens is 1. The van der Waals surface area contributed by atoms with E-state index in [-0.39, 0.29) is 17.4 Å². The van der Waals surface area contributed by atoms with E-state index in [4.69, 9.17) is 9.15 Å². The van der Waals surface area contributed by atoms with Crippen molar-refractivity contribution in [2.75, 3.05) is 13.6 Å². The summed E-state index contributed by atoms with van der Waals surface area (Å²) in [6.07, 6.45) is 1.33. The Balaban J connectivity index is 2.56. The van der Waals surface area contributed by atoms with Gasteiger partial charge in [-0.1, -0.05) is 34.6 Å². The van der Waals surface area contributed by atoms with Crippen molar-refractivity contribution in [3.8, 4) is 0 Å². The summed E-state index contributed by atoms with van der Waals surface area (Å²) >= 11 is 0. The summed E-state index contributed by atoms with van der Waals surface area (Å²) in [4.78, 5) is 20.6. The van der Waals surface area contributed by atoms with Crippen molar-refractivity contribution in [2.24, 2.45) is 10.9 Å². The maximum Gasteiger partial charge on any atom is 0.407 e. The first-order valence-corrected chi connectivity index (χ1v) is 9.71. The summed E-state index contributed by atoms with van der Waals surface area (Å²) in [6, 6.07) is -0.109. The van der Waals surface area contributed by atoms with E-state index in [0.29, 0.717) is 24.9 Å². The molecule has 28 heavy (non-hydrogen) atoms. The number of carbonyl (C=O) groups is 1. The quantitative estimate of drug-likeness (QED) is 0.505. The molecular weight excluding hydrogens is 358 g/mol. The van der Waals surface area contributed by atoms with Crippen LogP contribution in [0.4, 0.5) is 4.79 Å². The molecule has 0 aliphatic carbocycles. The fourth-order valence-electron chi connectivity index (χ4n) is 2.24. The molecule has 1 heterocycles. The number of amides is 1. The first kappa shape index (κ1) is 23.8. The predicted molar refractivity (Wildman–Crippen MR) is 111 cm³/mol. The van der Waals surface area contributed by atoms with Gasteiger partial charge in [-0.2, -0.15) is 0 Å². The van der Waals surface area contributed by atoms with Crippen molar-refractivity contribution in [2.45, 2.75) is 79.0 Å². The van der Waals surface area contributed by atoms with Gasteiger partial charge in [0.1, 0.15) is 11.4 Å². The van der Waals surface area contributed by atoms with Crippen molar-refractivity contribution in [3.63, 3.8) is 0 Å². The lowest BCUT2D eigenvalue weighted by molar-refractivity contribution is 0.0491. The van der Waals surface area contributed by atoms with Crippen molar-refractivity contribution in [1.29, 1.82) is 0 Å². The van der Waals surface area contributed by atoms with Crippen LogP contribution in [-0.4, -0.2) is 42.3 Å². The van der Waals surface area contributed by atoms with Crippen molar-refractivity contribution < 1.29 is 13.9 Å². The summed E-state index contributed by atoms with van der Waals surface area (Å²) in [5.41, 5.74) is -0.610.